The number of para-hydroxylation sites is 4. The van der Waals surface area contributed by atoms with Crippen molar-refractivity contribution in [2.45, 2.75) is 13.1 Å². The zero-order valence-corrected chi connectivity index (χ0v) is 27.0. The number of fused-ring (bicyclic) bond motifs is 14. The zero-order chi connectivity index (χ0) is 30.8. The highest BCUT2D eigenvalue weighted by atomic mass is 28.3. The van der Waals surface area contributed by atoms with Crippen molar-refractivity contribution in [1.82, 2.24) is 4.48 Å². The summed E-state index contributed by atoms with van der Waals surface area (Å²) in [4.78, 5) is 2.63. The fourth-order valence-electron chi connectivity index (χ4n) is 9.54. The highest BCUT2D eigenvalue weighted by molar-refractivity contribution is 7.04. The van der Waals surface area contributed by atoms with Crippen LogP contribution in [0.15, 0.2) is 132 Å². The minimum absolute atomic E-state index is 0.0235. The van der Waals surface area contributed by atoms with Crippen LogP contribution in [-0.4, -0.2) is 19.4 Å². The Morgan fingerprint density at radius 2 is 1.34 bits per heavy atom. The molecule has 0 saturated heterocycles. The smallest absolute Gasteiger partial charge is 0.333 e. The van der Waals surface area contributed by atoms with Crippen molar-refractivity contribution in [2.24, 2.45) is 0 Å². The minimum atomic E-state index is -2.03. The van der Waals surface area contributed by atoms with Crippen molar-refractivity contribution >= 4 is 108 Å². The first-order chi connectivity index (χ1) is 23.1. The number of hydrogen-bond acceptors (Lipinski definition) is 2. The zero-order valence-electron chi connectivity index (χ0n) is 26.0. The third kappa shape index (κ3) is 2.76. The predicted octanol–water partition coefficient (Wildman–Crippen LogP) is 8.40. The van der Waals surface area contributed by atoms with Gasteiger partial charge in [0, 0.05) is 44.1 Å². The Labute approximate surface area is 272 Å². The lowest BCUT2D eigenvalue weighted by Crippen LogP contribution is -2.65. The summed E-state index contributed by atoms with van der Waals surface area (Å²) in [5, 5.41) is 10.6. The first-order valence-electron chi connectivity index (χ1n) is 16.6. The third-order valence-corrected chi connectivity index (χ3v) is 15.0. The molecule has 47 heavy (non-hydrogen) atoms. The van der Waals surface area contributed by atoms with Gasteiger partial charge in [-0.05, 0) is 68.0 Å². The lowest BCUT2D eigenvalue weighted by molar-refractivity contribution is 0.669. The van der Waals surface area contributed by atoms with Gasteiger partial charge >= 0.3 is 6.85 Å². The summed E-state index contributed by atoms with van der Waals surface area (Å²) in [6.07, 6.45) is 0. The predicted molar refractivity (Wildman–Crippen MR) is 202 cm³/mol. The average molecular weight is 615 g/mol. The van der Waals surface area contributed by atoms with Crippen LogP contribution in [0.4, 0.5) is 17.1 Å². The van der Waals surface area contributed by atoms with Crippen LogP contribution in [0.1, 0.15) is 0 Å². The van der Waals surface area contributed by atoms with Crippen LogP contribution in [0, 0.1) is 0 Å². The van der Waals surface area contributed by atoms with Crippen molar-refractivity contribution in [1.29, 1.82) is 0 Å². The van der Waals surface area contributed by atoms with Gasteiger partial charge in [0.15, 0.2) is 0 Å². The summed E-state index contributed by atoms with van der Waals surface area (Å²) < 4.78 is 9.44. The fraction of sp³-hybridized carbons (Fsp3) is 0.0476. The van der Waals surface area contributed by atoms with Crippen LogP contribution >= 0.6 is 0 Å². The Balaban J connectivity index is 1.36. The topological polar surface area (TPSA) is 21.3 Å². The summed E-state index contributed by atoms with van der Waals surface area (Å²) >= 11 is 0. The quantitative estimate of drug-likeness (QED) is 0.160. The van der Waals surface area contributed by atoms with E-state index >= 15 is 0 Å². The van der Waals surface area contributed by atoms with Gasteiger partial charge in [0.25, 0.3) is 0 Å². The molecule has 3 aliphatic rings. The highest BCUT2D eigenvalue weighted by Crippen LogP contribution is 2.50. The van der Waals surface area contributed by atoms with E-state index in [4.69, 9.17) is 4.42 Å². The molecule has 0 spiro atoms. The van der Waals surface area contributed by atoms with E-state index in [-0.39, 0.29) is 6.85 Å². The number of aromatic nitrogens is 1. The van der Waals surface area contributed by atoms with Crippen LogP contribution in [0.2, 0.25) is 13.1 Å². The highest BCUT2D eigenvalue weighted by Gasteiger charge is 2.49. The molecule has 0 amide bonds. The average Bonchev–Trinajstić information content (AvgIpc) is 3.64. The molecule has 7 aromatic carbocycles. The first kappa shape index (κ1) is 24.7. The molecule has 12 rings (SSSR count). The normalized spacial score (nSPS) is 15.1. The number of anilines is 3. The van der Waals surface area contributed by atoms with Crippen LogP contribution in [-0.2, 0) is 0 Å². The maximum absolute atomic E-state index is 6.75. The molecular weight excluding hydrogens is 587 g/mol. The molecule has 0 aliphatic carbocycles. The maximum atomic E-state index is 6.75. The molecule has 0 atom stereocenters. The van der Waals surface area contributed by atoms with E-state index in [0.29, 0.717) is 0 Å². The Kier molecular flexibility index (Phi) is 4.23. The number of hydrogen-bond donors (Lipinski definition) is 0. The van der Waals surface area contributed by atoms with Crippen molar-refractivity contribution in [2.75, 3.05) is 4.90 Å². The summed E-state index contributed by atoms with van der Waals surface area (Å²) in [5.41, 5.74) is 13.8. The summed E-state index contributed by atoms with van der Waals surface area (Å²) in [6, 6.07) is 47.8. The molecular formula is C42H27BN2OSi. The molecule has 0 fully saturated rings. The first-order valence-corrected chi connectivity index (χ1v) is 19.6. The van der Waals surface area contributed by atoms with Gasteiger partial charge in [-0.1, -0.05) is 110 Å². The van der Waals surface area contributed by atoms with Gasteiger partial charge in [-0.15, -0.1) is 0 Å². The van der Waals surface area contributed by atoms with E-state index in [1.165, 1.54) is 92.8 Å². The second-order valence-corrected chi connectivity index (χ2v) is 18.4. The van der Waals surface area contributed by atoms with Crippen molar-refractivity contribution < 1.29 is 4.42 Å². The molecule has 5 heterocycles. The maximum Gasteiger partial charge on any atom is 0.333 e. The van der Waals surface area contributed by atoms with E-state index in [1.807, 2.05) is 0 Å². The Hall–Kier alpha value is -5.52. The standard InChI is InChI=1S/C42H27BN2OSi/c1-47(2)36-19-8-6-17-32(36)44-41-31(16-10-20-37(41)47)43-39-30(23-35-38(42(39)44)28-13-5-7-18-34(28)46-35)27-15-9-14-26-29-21-24-11-3-4-12-25(24)22-33(29)45(43)40(26)27/h3-23H,1-2H3. The van der Waals surface area contributed by atoms with E-state index in [9.17, 15) is 0 Å². The Morgan fingerprint density at radius 3 is 2.26 bits per heavy atom. The second kappa shape index (κ2) is 8.06. The molecule has 9 aromatic rings. The van der Waals surface area contributed by atoms with E-state index in [2.05, 4.69) is 150 Å². The molecule has 5 heteroatoms. The van der Waals surface area contributed by atoms with E-state index < -0.39 is 8.07 Å². The lowest BCUT2D eigenvalue weighted by atomic mass is 9.45. The summed E-state index contributed by atoms with van der Waals surface area (Å²) in [5.74, 6) is 0. The molecule has 218 valence electrons. The molecule has 0 saturated carbocycles. The SMILES string of the molecule is C[Si]1(C)c2ccccc2N2c3c(cccc31)B1c3c(cc4oc5ccccc5c4c32)-c2cccc3c4cc5ccccc5cc4n1c23. The molecule has 0 N–H and O–H groups in total. The lowest BCUT2D eigenvalue weighted by Gasteiger charge is -2.47. The van der Waals surface area contributed by atoms with Crippen LogP contribution in [0.3, 0.4) is 0 Å². The van der Waals surface area contributed by atoms with E-state index in [0.717, 1.165) is 11.2 Å². The Morgan fingerprint density at radius 1 is 0.596 bits per heavy atom. The van der Waals surface area contributed by atoms with Crippen molar-refractivity contribution in [3.63, 3.8) is 0 Å². The van der Waals surface area contributed by atoms with Gasteiger partial charge in [0.05, 0.1) is 11.1 Å². The fourth-order valence-corrected chi connectivity index (χ4v) is 12.5. The summed E-state index contributed by atoms with van der Waals surface area (Å²) in [6.45, 7) is 5.08. The van der Waals surface area contributed by atoms with Crippen LogP contribution in [0.25, 0.3) is 65.6 Å². The third-order valence-electron chi connectivity index (χ3n) is 11.5. The van der Waals surface area contributed by atoms with E-state index in [1.54, 1.807) is 0 Å². The van der Waals surface area contributed by atoms with Crippen molar-refractivity contribution in [3.05, 3.63) is 127 Å². The van der Waals surface area contributed by atoms with Gasteiger partial charge in [-0.3, -0.25) is 0 Å². The van der Waals surface area contributed by atoms with Crippen LogP contribution in [0.5, 0.6) is 0 Å². The molecule has 3 aliphatic heterocycles. The van der Waals surface area contributed by atoms with Gasteiger partial charge in [-0.25, -0.2) is 0 Å². The second-order valence-electron chi connectivity index (χ2n) is 14.1. The molecule has 0 bridgehead atoms. The van der Waals surface area contributed by atoms with Gasteiger partial charge < -0.3 is 13.8 Å². The number of nitrogens with zero attached hydrogens (tertiary/aromatic N) is 2. The summed E-state index contributed by atoms with van der Waals surface area (Å²) in [7, 11) is -2.03. The molecule has 0 radical (unpaired) electrons. The number of furan rings is 1. The Bertz CT molecular complexity index is 2910. The minimum Gasteiger partial charge on any atom is -0.456 e. The number of rotatable bonds is 0. The monoisotopic (exact) mass is 614 g/mol. The van der Waals surface area contributed by atoms with Gasteiger partial charge in [0.1, 0.15) is 19.2 Å². The molecule has 0 unspecified atom stereocenters. The largest absolute Gasteiger partial charge is 0.456 e. The molecule has 2 aromatic heterocycles. The molecule has 3 nitrogen and oxygen atoms in total. The van der Waals surface area contributed by atoms with Gasteiger partial charge in [-0.2, -0.15) is 0 Å². The van der Waals surface area contributed by atoms with Crippen molar-refractivity contribution in [3.8, 4) is 11.1 Å². The van der Waals surface area contributed by atoms with Crippen LogP contribution < -0.4 is 26.2 Å². The number of benzene rings is 7. The van der Waals surface area contributed by atoms with Gasteiger partial charge in [0.2, 0.25) is 0 Å².